The maximum absolute atomic E-state index is 13.1. The van der Waals surface area contributed by atoms with Crippen LogP contribution in [0.2, 0.25) is 0 Å². The summed E-state index contributed by atoms with van der Waals surface area (Å²) in [4.78, 5) is 24.3. The average Bonchev–Trinajstić information content (AvgIpc) is 2.81. The molecule has 172 valence electrons. The first-order chi connectivity index (χ1) is 15.8. The van der Waals surface area contributed by atoms with Gasteiger partial charge >= 0.3 is 5.97 Å². The predicted molar refractivity (Wildman–Crippen MR) is 122 cm³/mol. The maximum Gasteiger partial charge on any atom is 0.340 e. The van der Waals surface area contributed by atoms with Gasteiger partial charge in [-0.05, 0) is 54.8 Å². The lowest BCUT2D eigenvalue weighted by molar-refractivity contribution is -0.124. The molecule has 7 nitrogen and oxygen atoms in total. The van der Waals surface area contributed by atoms with Crippen molar-refractivity contribution >= 4 is 27.6 Å². The maximum atomic E-state index is 13.1. The predicted octanol–water partition coefficient (Wildman–Crippen LogP) is 3.53. The van der Waals surface area contributed by atoms with Crippen LogP contribution in [-0.2, 0) is 26.0 Å². The van der Waals surface area contributed by atoms with Crippen molar-refractivity contribution in [1.29, 1.82) is 0 Å². The highest BCUT2D eigenvalue weighted by molar-refractivity contribution is 7.92. The zero-order valence-electron chi connectivity index (χ0n) is 17.7. The van der Waals surface area contributed by atoms with Gasteiger partial charge in [0.15, 0.2) is 6.61 Å². The van der Waals surface area contributed by atoms with Gasteiger partial charge in [0, 0.05) is 6.54 Å². The second kappa shape index (κ2) is 11.2. The number of esters is 1. The fourth-order valence-electron chi connectivity index (χ4n) is 2.99. The third-order valence-corrected chi connectivity index (χ3v) is 6.04. The molecule has 0 bridgehead atoms. The highest BCUT2D eigenvalue weighted by atomic mass is 32.2. The number of benzene rings is 3. The topological polar surface area (TPSA) is 102 Å². The van der Waals surface area contributed by atoms with Crippen molar-refractivity contribution in [2.24, 2.45) is 0 Å². The van der Waals surface area contributed by atoms with Crippen LogP contribution in [-0.4, -0.2) is 33.4 Å². The number of ether oxygens (including phenoxy) is 1. The summed E-state index contributed by atoms with van der Waals surface area (Å²) in [6.45, 7) is -0.0669. The minimum atomic E-state index is -4.06. The summed E-state index contributed by atoms with van der Waals surface area (Å²) in [6.07, 6.45) is 1.54. The molecule has 1 amide bonds. The van der Waals surface area contributed by atoms with Gasteiger partial charge in [0.1, 0.15) is 5.82 Å². The summed E-state index contributed by atoms with van der Waals surface area (Å²) < 4.78 is 45.5. The third-order valence-electron chi connectivity index (χ3n) is 4.66. The first-order valence-electron chi connectivity index (χ1n) is 10.2. The number of anilines is 1. The Labute approximate surface area is 191 Å². The summed E-state index contributed by atoms with van der Waals surface area (Å²) >= 11 is 0. The van der Waals surface area contributed by atoms with Crippen molar-refractivity contribution in [3.8, 4) is 0 Å². The van der Waals surface area contributed by atoms with Crippen LogP contribution in [0.25, 0.3) is 0 Å². The molecule has 0 aromatic heterocycles. The quantitative estimate of drug-likeness (QED) is 0.349. The van der Waals surface area contributed by atoms with Crippen LogP contribution >= 0.6 is 0 Å². The average molecular weight is 471 g/mol. The smallest absolute Gasteiger partial charge is 0.340 e. The molecule has 0 unspecified atom stereocenters. The van der Waals surface area contributed by atoms with Gasteiger partial charge in [0.05, 0.1) is 16.1 Å². The number of nitrogens with one attached hydrogen (secondary N) is 2. The Morgan fingerprint density at radius 3 is 2.27 bits per heavy atom. The van der Waals surface area contributed by atoms with E-state index >= 15 is 0 Å². The molecule has 0 aliphatic carbocycles. The number of sulfonamides is 1. The number of para-hydroxylation sites is 1. The van der Waals surface area contributed by atoms with Crippen LogP contribution in [0.1, 0.15) is 22.3 Å². The Morgan fingerprint density at radius 2 is 1.55 bits per heavy atom. The molecule has 3 aromatic carbocycles. The molecule has 3 rings (SSSR count). The van der Waals surface area contributed by atoms with Crippen LogP contribution in [0.3, 0.4) is 0 Å². The van der Waals surface area contributed by atoms with Crippen LogP contribution < -0.4 is 10.0 Å². The standard InChI is InChI=1S/C24H23FN2O5S/c25-19-12-14-20(15-13-19)33(30,31)27-22-11-5-4-10-21(22)24(29)32-17-23(28)26-16-6-9-18-7-2-1-3-8-18/h1-5,7-8,10-15,27H,6,9,16-17H2,(H,26,28). The van der Waals surface area contributed by atoms with Gasteiger partial charge < -0.3 is 10.1 Å². The summed E-state index contributed by atoms with van der Waals surface area (Å²) in [7, 11) is -4.06. The van der Waals surface area contributed by atoms with E-state index in [1.165, 1.54) is 18.2 Å². The number of carbonyl (C=O) groups is 2. The van der Waals surface area contributed by atoms with Crippen molar-refractivity contribution in [3.63, 3.8) is 0 Å². The minimum Gasteiger partial charge on any atom is -0.452 e. The van der Waals surface area contributed by atoms with Crippen molar-refractivity contribution in [3.05, 3.63) is 95.8 Å². The number of hydrogen-bond acceptors (Lipinski definition) is 5. The first-order valence-corrected chi connectivity index (χ1v) is 11.7. The van der Waals surface area contributed by atoms with Crippen LogP contribution in [0.5, 0.6) is 0 Å². The number of hydrogen-bond donors (Lipinski definition) is 2. The van der Waals surface area contributed by atoms with E-state index < -0.39 is 34.3 Å². The van der Waals surface area contributed by atoms with E-state index in [0.29, 0.717) is 6.54 Å². The second-order valence-electron chi connectivity index (χ2n) is 7.12. The van der Waals surface area contributed by atoms with Gasteiger partial charge in [-0.1, -0.05) is 42.5 Å². The van der Waals surface area contributed by atoms with Gasteiger partial charge in [-0.15, -0.1) is 0 Å². The molecule has 0 spiro atoms. The van der Waals surface area contributed by atoms with Gasteiger partial charge in [-0.2, -0.15) is 0 Å². The van der Waals surface area contributed by atoms with E-state index in [1.807, 2.05) is 30.3 Å². The molecule has 0 saturated heterocycles. The highest BCUT2D eigenvalue weighted by Crippen LogP contribution is 2.21. The van der Waals surface area contributed by atoms with Crippen LogP contribution in [0.4, 0.5) is 10.1 Å². The van der Waals surface area contributed by atoms with E-state index in [2.05, 4.69) is 10.0 Å². The van der Waals surface area contributed by atoms with Gasteiger partial charge in [-0.25, -0.2) is 17.6 Å². The number of rotatable bonds is 10. The van der Waals surface area contributed by atoms with E-state index in [9.17, 15) is 22.4 Å². The normalized spacial score (nSPS) is 10.9. The second-order valence-corrected chi connectivity index (χ2v) is 8.80. The zero-order chi connectivity index (χ0) is 23.7. The van der Waals surface area contributed by atoms with Gasteiger partial charge in [0.2, 0.25) is 0 Å². The van der Waals surface area contributed by atoms with Crippen molar-refractivity contribution in [2.75, 3.05) is 17.9 Å². The summed E-state index contributed by atoms with van der Waals surface area (Å²) in [6, 6.07) is 20.0. The SMILES string of the molecule is O=C(COC(=O)c1ccccc1NS(=O)(=O)c1ccc(F)cc1)NCCCc1ccccc1. The van der Waals surface area contributed by atoms with Gasteiger partial charge in [0.25, 0.3) is 15.9 Å². The number of aryl methyl sites for hydroxylation is 1. The summed E-state index contributed by atoms with van der Waals surface area (Å²) in [5.41, 5.74) is 1.09. The molecule has 2 N–H and O–H groups in total. The molecule has 3 aromatic rings. The third kappa shape index (κ3) is 7.15. The van der Waals surface area contributed by atoms with Crippen LogP contribution in [0.15, 0.2) is 83.8 Å². The monoisotopic (exact) mass is 470 g/mol. The summed E-state index contributed by atoms with van der Waals surface area (Å²) in [5, 5.41) is 2.68. The first kappa shape index (κ1) is 23.9. The lowest BCUT2D eigenvalue weighted by Gasteiger charge is -2.12. The Balaban J connectivity index is 1.53. The molecule has 0 aliphatic heterocycles. The minimum absolute atomic E-state index is 0.0184. The van der Waals surface area contributed by atoms with E-state index in [1.54, 1.807) is 6.07 Å². The molecular weight excluding hydrogens is 447 g/mol. The van der Waals surface area contributed by atoms with Crippen molar-refractivity contribution < 1.29 is 27.1 Å². The van der Waals surface area contributed by atoms with Gasteiger partial charge in [-0.3, -0.25) is 9.52 Å². The molecular formula is C24H23FN2O5S. The Kier molecular flexibility index (Phi) is 8.15. The number of carbonyl (C=O) groups excluding carboxylic acids is 2. The Bertz CT molecular complexity index is 1200. The Hall–Kier alpha value is -3.72. The Morgan fingerprint density at radius 1 is 0.879 bits per heavy atom. The highest BCUT2D eigenvalue weighted by Gasteiger charge is 2.20. The number of amides is 1. The van der Waals surface area contributed by atoms with E-state index in [-0.39, 0.29) is 16.1 Å². The fourth-order valence-corrected chi connectivity index (χ4v) is 4.07. The van der Waals surface area contributed by atoms with Crippen molar-refractivity contribution in [1.82, 2.24) is 5.32 Å². The lowest BCUT2D eigenvalue weighted by Crippen LogP contribution is -2.30. The van der Waals surface area contributed by atoms with Crippen LogP contribution in [0, 0.1) is 5.82 Å². The number of halogens is 1. The molecule has 0 saturated carbocycles. The molecule has 0 aliphatic rings. The fraction of sp³-hybridized carbons (Fsp3) is 0.167. The van der Waals surface area contributed by atoms with E-state index in [4.69, 9.17) is 4.74 Å². The molecule has 0 radical (unpaired) electrons. The molecule has 0 heterocycles. The van der Waals surface area contributed by atoms with Crippen molar-refractivity contribution in [2.45, 2.75) is 17.7 Å². The zero-order valence-corrected chi connectivity index (χ0v) is 18.5. The molecule has 9 heteroatoms. The summed E-state index contributed by atoms with van der Waals surface area (Å²) in [5.74, 6) is -1.89. The largest absolute Gasteiger partial charge is 0.452 e. The molecule has 33 heavy (non-hydrogen) atoms. The molecule has 0 atom stereocenters. The molecule has 0 fully saturated rings. The lowest BCUT2D eigenvalue weighted by atomic mass is 10.1. The van der Waals surface area contributed by atoms with E-state index in [0.717, 1.165) is 42.7 Å².